The van der Waals surface area contributed by atoms with Crippen molar-refractivity contribution in [2.45, 2.75) is 0 Å². The minimum Gasteiger partial charge on any atom is 0 e. The third-order valence-electron chi connectivity index (χ3n) is 0. The first-order chi connectivity index (χ1) is 1.00. The van der Waals surface area contributed by atoms with Crippen LogP contribution in [0.3, 0.4) is 0 Å². The van der Waals surface area contributed by atoms with Gasteiger partial charge in [0, 0.05) is 36.5 Å². The molecule has 1 radical (unpaired) electrons. The predicted octanol–water partition coefficient (Wildman–Crippen LogP) is -0.656. The molecule has 0 aromatic carbocycles. The molecule has 0 bridgehead atoms. The zero-order valence-electron chi connectivity index (χ0n) is 1.94. The zero-order chi connectivity index (χ0) is 2.00. The van der Waals surface area contributed by atoms with Gasteiger partial charge in [-0.2, -0.15) is 0 Å². The average molecular weight is 296 g/mol. The monoisotopic (exact) mass is 298 g/mol. The van der Waals surface area contributed by atoms with Gasteiger partial charge in [0.1, 0.15) is 0 Å². The molecule has 0 N–H and O–H groups in total. The SMILES string of the molecule is [Mn].[SeH][Mo].[Zn]. The molecule has 0 saturated carbocycles. The van der Waals surface area contributed by atoms with Crippen molar-refractivity contribution < 1.29 is 54.3 Å². The third-order valence-corrected chi connectivity index (χ3v) is 0. The first kappa shape index (κ1) is 16.2. The standard InChI is InChI=1S/Mn.Mo.H2Se.Zn/h;;1H2;/q;+1;;/p-1. The van der Waals surface area contributed by atoms with Crippen molar-refractivity contribution in [1.29, 1.82) is 0 Å². The maximum absolute atomic E-state index is 2.32. The molecule has 0 spiro atoms. The molecule has 0 aromatic rings. The van der Waals surface area contributed by atoms with Gasteiger partial charge in [0.05, 0.1) is 0 Å². The third kappa shape index (κ3) is 8.84. The van der Waals surface area contributed by atoms with E-state index in [1.165, 1.54) is 0 Å². The molecule has 0 fully saturated rings. The van der Waals surface area contributed by atoms with Gasteiger partial charge in [0.15, 0.2) is 0 Å². The molecule has 0 saturated heterocycles. The minimum absolute atomic E-state index is 0. The summed E-state index contributed by atoms with van der Waals surface area (Å²) in [5, 5.41) is 0. The van der Waals surface area contributed by atoms with Gasteiger partial charge in [-0.15, -0.1) is 0 Å². The van der Waals surface area contributed by atoms with Crippen LogP contribution in [0.15, 0.2) is 0 Å². The molecule has 0 amide bonds. The van der Waals surface area contributed by atoms with Crippen LogP contribution in [0.5, 0.6) is 0 Å². The van der Waals surface area contributed by atoms with E-state index < -0.39 is 0 Å². The molecule has 0 rings (SSSR count). The van der Waals surface area contributed by atoms with Gasteiger partial charge in [-0.05, 0) is 0 Å². The molecule has 4 heavy (non-hydrogen) atoms. The second kappa shape index (κ2) is 18.3. The largest absolute Gasteiger partial charge is 0 e. The van der Waals surface area contributed by atoms with E-state index in [1.54, 1.807) is 0 Å². The smallest absolute Gasteiger partial charge is 0 e. The Hall–Kier alpha value is 2.35. The predicted molar refractivity (Wildman–Crippen MR) is 7.15 cm³/mol. The van der Waals surface area contributed by atoms with E-state index >= 15 is 0 Å². The van der Waals surface area contributed by atoms with Crippen LogP contribution < -0.4 is 0 Å². The molecule has 0 aromatic heterocycles. The summed E-state index contributed by atoms with van der Waals surface area (Å²) in [6.45, 7) is 0. The first-order valence-corrected chi connectivity index (χ1v) is 5.61. The number of rotatable bonds is 0. The molecule has 0 unspecified atom stereocenters. The summed E-state index contributed by atoms with van der Waals surface area (Å²) in [6, 6.07) is 0. The van der Waals surface area contributed by atoms with E-state index in [0.29, 0.717) is 0 Å². The summed E-state index contributed by atoms with van der Waals surface area (Å²) in [6.07, 6.45) is 0. The summed E-state index contributed by atoms with van der Waals surface area (Å²) in [5.41, 5.74) is 0. The normalized spacial score (nSPS) is 1.25. The summed E-state index contributed by atoms with van der Waals surface area (Å²) < 4.78 is 0. The Kier molecular flexibility index (Phi) is 74.2. The van der Waals surface area contributed by atoms with Crippen LogP contribution in [0.4, 0.5) is 0 Å². The zero-order valence-corrected chi connectivity index (χ0v) is 9.97. The second-order valence-electron chi connectivity index (χ2n) is 0. The van der Waals surface area contributed by atoms with Crippen LogP contribution in [-0.4, -0.2) is 13.4 Å². The van der Waals surface area contributed by atoms with Crippen molar-refractivity contribution in [2.75, 3.05) is 0 Å². The van der Waals surface area contributed by atoms with Crippen LogP contribution in [0.25, 0.3) is 0 Å². The Labute approximate surface area is 66.8 Å². The van der Waals surface area contributed by atoms with E-state index in [4.69, 9.17) is 0 Å². The fourth-order valence-corrected chi connectivity index (χ4v) is 0. The van der Waals surface area contributed by atoms with Gasteiger partial charge in [0.2, 0.25) is 0 Å². The van der Waals surface area contributed by atoms with Crippen LogP contribution in [0, 0.1) is 0 Å². The van der Waals surface area contributed by atoms with Crippen LogP contribution in [0.2, 0.25) is 0 Å². The van der Waals surface area contributed by atoms with Gasteiger partial charge < -0.3 is 0 Å². The Bertz CT molecular complexity index is 8.00. The van der Waals surface area contributed by atoms with Crippen LogP contribution in [0.1, 0.15) is 0 Å². The molecule has 0 aliphatic heterocycles. The van der Waals surface area contributed by atoms with Gasteiger partial charge in [-0.25, -0.2) is 0 Å². The fourth-order valence-electron chi connectivity index (χ4n) is 0. The molecule has 0 heterocycles. The van der Waals surface area contributed by atoms with Crippen molar-refractivity contribution in [3.05, 3.63) is 0 Å². The Morgan fingerprint density at radius 3 is 1.25 bits per heavy atom. The Morgan fingerprint density at radius 2 is 1.25 bits per heavy atom. The fraction of sp³-hybridized carbons (Fsp3) is 0. The van der Waals surface area contributed by atoms with Crippen molar-refractivity contribution >= 4 is 13.4 Å². The average Bonchev–Trinajstić information content (AvgIpc) is 1.00. The van der Waals surface area contributed by atoms with E-state index in [-0.39, 0.29) is 36.5 Å². The maximum atomic E-state index is 2.32. The second-order valence-corrected chi connectivity index (χ2v) is 0. The number of hydrogen-bond donors (Lipinski definition) is 0. The molecule has 0 aliphatic carbocycles. The summed E-state index contributed by atoms with van der Waals surface area (Å²) in [4.78, 5) is 0. The quantitative estimate of drug-likeness (QED) is 0.521. The van der Waals surface area contributed by atoms with E-state index in [9.17, 15) is 0 Å². The first-order valence-electron chi connectivity index (χ1n) is 0.183. The topological polar surface area (TPSA) is 0 Å². The molecule has 0 atom stereocenters. The number of hydrogen-bond acceptors (Lipinski definition) is 0. The Morgan fingerprint density at radius 1 is 1.25 bits per heavy atom. The molecular weight excluding hydrogens is 295 g/mol. The van der Waals surface area contributed by atoms with Crippen LogP contribution >= 0.6 is 0 Å². The van der Waals surface area contributed by atoms with Gasteiger partial charge >= 0.3 is 31.1 Å². The Balaban J connectivity index is -0.00000000500. The minimum atomic E-state index is 0. The van der Waals surface area contributed by atoms with Gasteiger partial charge in [-0.3, -0.25) is 0 Å². The van der Waals surface area contributed by atoms with Crippen LogP contribution in [-0.2, 0) is 54.3 Å². The van der Waals surface area contributed by atoms with E-state index in [2.05, 4.69) is 13.4 Å². The maximum Gasteiger partial charge on any atom is 0 e. The van der Waals surface area contributed by atoms with Crippen molar-refractivity contribution in [1.82, 2.24) is 0 Å². The van der Waals surface area contributed by atoms with E-state index in [0.717, 1.165) is 0 Å². The van der Waals surface area contributed by atoms with Gasteiger partial charge in [-0.1, -0.05) is 0 Å². The molecule has 0 nitrogen and oxygen atoms in total. The summed E-state index contributed by atoms with van der Waals surface area (Å²) >= 11 is 4.21. The summed E-state index contributed by atoms with van der Waals surface area (Å²) in [5.74, 6) is 0. The molecule has 4 heteroatoms. The van der Waals surface area contributed by atoms with Gasteiger partial charge in [0.25, 0.3) is 0 Å². The van der Waals surface area contributed by atoms with Crippen molar-refractivity contribution in [3.8, 4) is 0 Å². The molecular formula is HMnMoSeZn. The summed E-state index contributed by atoms with van der Waals surface area (Å²) in [7, 11) is 0. The van der Waals surface area contributed by atoms with E-state index in [1.807, 2.05) is 17.7 Å². The molecule has 0 aliphatic rings. The van der Waals surface area contributed by atoms with Crippen molar-refractivity contribution in [3.63, 3.8) is 0 Å². The molecule has 22 valence electrons. The van der Waals surface area contributed by atoms with Crippen molar-refractivity contribution in [2.24, 2.45) is 0 Å².